The van der Waals surface area contributed by atoms with Crippen LogP contribution in [0.15, 0.2) is 9.85 Å². The minimum absolute atomic E-state index is 0.00785. The highest BCUT2D eigenvalue weighted by atomic mass is 79.9. The van der Waals surface area contributed by atoms with Crippen molar-refractivity contribution in [3.63, 3.8) is 0 Å². The maximum atomic E-state index is 12.5. The molecule has 0 saturated heterocycles. The van der Waals surface area contributed by atoms with Crippen LogP contribution in [0, 0.1) is 12.8 Å². The Morgan fingerprint density at radius 1 is 1.11 bits per heavy atom. The van der Waals surface area contributed by atoms with Gasteiger partial charge in [-0.25, -0.2) is 0 Å². The molecule has 0 amide bonds. The largest absolute Gasteiger partial charge is 0.401 e. The van der Waals surface area contributed by atoms with Crippen molar-refractivity contribution in [1.29, 1.82) is 0 Å². The lowest BCUT2D eigenvalue weighted by Gasteiger charge is -2.27. The second-order valence-electron chi connectivity index (χ2n) is 3.52. The first-order valence-corrected chi connectivity index (χ1v) is 7.00. The number of hydrogen-bond donors (Lipinski definition) is 0. The van der Waals surface area contributed by atoms with Crippen molar-refractivity contribution in [1.82, 2.24) is 0 Å². The molecule has 0 saturated carbocycles. The lowest BCUT2D eigenvalue weighted by molar-refractivity contribution is -0.283. The Balaban J connectivity index is 3.19. The molecule has 0 aliphatic rings. The van der Waals surface area contributed by atoms with Gasteiger partial charge in [-0.3, -0.25) is 0 Å². The van der Waals surface area contributed by atoms with Crippen LogP contribution in [0.25, 0.3) is 0 Å². The topological polar surface area (TPSA) is 0 Å². The first kappa shape index (κ1) is 16.3. The average Bonchev–Trinajstić information content (AvgIpc) is 2.39. The monoisotopic (exact) mass is 418 g/mol. The van der Waals surface area contributed by atoms with Gasteiger partial charge in [0.25, 0.3) is 0 Å². The van der Waals surface area contributed by atoms with Crippen LogP contribution in [0.4, 0.5) is 26.3 Å². The highest BCUT2D eigenvalue weighted by Crippen LogP contribution is 2.51. The van der Waals surface area contributed by atoms with E-state index in [0.717, 1.165) is 11.3 Å². The highest BCUT2D eigenvalue weighted by Gasteiger charge is 2.60. The van der Waals surface area contributed by atoms with Crippen LogP contribution in [-0.2, 0) is 0 Å². The third-order valence-electron chi connectivity index (χ3n) is 2.22. The molecule has 0 aromatic carbocycles. The zero-order chi connectivity index (χ0) is 14.3. The van der Waals surface area contributed by atoms with Gasteiger partial charge in [-0.2, -0.15) is 26.3 Å². The van der Waals surface area contributed by atoms with Crippen molar-refractivity contribution in [2.45, 2.75) is 24.1 Å². The second-order valence-corrected chi connectivity index (χ2v) is 7.15. The van der Waals surface area contributed by atoms with Crippen molar-refractivity contribution in [3.8, 4) is 0 Å². The maximum absolute atomic E-state index is 12.5. The van der Waals surface area contributed by atoms with E-state index in [0.29, 0.717) is 8.66 Å². The van der Waals surface area contributed by atoms with Crippen LogP contribution in [0.3, 0.4) is 0 Å². The number of alkyl halides is 7. The van der Waals surface area contributed by atoms with Crippen LogP contribution >= 0.6 is 43.2 Å². The van der Waals surface area contributed by atoms with Crippen molar-refractivity contribution in [2.24, 2.45) is 5.92 Å². The van der Waals surface area contributed by atoms with Crippen LogP contribution in [-0.4, -0.2) is 12.4 Å². The second kappa shape index (κ2) is 5.32. The molecule has 1 aromatic rings. The van der Waals surface area contributed by atoms with E-state index in [2.05, 4.69) is 31.9 Å². The standard InChI is InChI=1S/C9H6Br2F6S/c1-3-4(2-5(10)18-3)6(11)7(8(12,13)14)9(15,16)17/h2,6-7H,1H3. The first-order chi connectivity index (χ1) is 7.94. The van der Waals surface area contributed by atoms with Crippen molar-refractivity contribution >= 4 is 43.2 Å². The van der Waals surface area contributed by atoms with Crippen LogP contribution in [0.1, 0.15) is 15.3 Å². The fourth-order valence-electron chi connectivity index (χ4n) is 1.43. The number of aryl methyl sites for hydroxylation is 1. The summed E-state index contributed by atoms with van der Waals surface area (Å²) in [7, 11) is 0. The van der Waals surface area contributed by atoms with E-state index >= 15 is 0 Å². The normalized spacial score (nSPS) is 15.2. The van der Waals surface area contributed by atoms with Gasteiger partial charge >= 0.3 is 12.4 Å². The van der Waals surface area contributed by atoms with Crippen molar-refractivity contribution < 1.29 is 26.3 Å². The minimum Gasteiger partial charge on any atom is -0.170 e. The summed E-state index contributed by atoms with van der Waals surface area (Å²) in [5.74, 6) is -3.43. The molecule has 0 spiro atoms. The maximum Gasteiger partial charge on any atom is 0.401 e. The third-order valence-corrected chi connectivity index (χ3v) is 4.81. The van der Waals surface area contributed by atoms with E-state index in [-0.39, 0.29) is 5.56 Å². The highest BCUT2D eigenvalue weighted by molar-refractivity contribution is 9.11. The first-order valence-electron chi connectivity index (χ1n) is 4.48. The molecular formula is C9H6Br2F6S. The van der Waals surface area contributed by atoms with Crippen molar-refractivity contribution in [3.05, 3.63) is 20.3 Å². The molecular weight excluding hydrogens is 414 g/mol. The SMILES string of the molecule is Cc1sc(Br)cc1C(Br)C(C(F)(F)F)C(F)(F)F. The lowest BCUT2D eigenvalue weighted by Crippen LogP contribution is -2.39. The molecule has 1 unspecified atom stereocenters. The molecule has 0 radical (unpaired) electrons. The number of rotatable bonds is 2. The molecule has 104 valence electrons. The predicted molar refractivity (Wildman–Crippen MR) is 64.0 cm³/mol. The quantitative estimate of drug-likeness (QED) is 0.407. The fourth-order valence-corrected chi connectivity index (χ4v) is 4.41. The van der Waals surface area contributed by atoms with E-state index in [1.165, 1.54) is 13.0 Å². The summed E-state index contributed by atoms with van der Waals surface area (Å²) in [6, 6.07) is 1.27. The number of thiophene rings is 1. The summed E-state index contributed by atoms with van der Waals surface area (Å²) in [6.45, 7) is 1.48. The Hall–Kier alpha value is 0.240. The summed E-state index contributed by atoms with van der Waals surface area (Å²) < 4.78 is 75.7. The molecule has 18 heavy (non-hydrogen) atoms. The van der Waals surface area contributed by atoms with Gasteiger partial charge in [0.1, 0.15) is 0 Å². The molecule has 1 atom stereocenters. The van der Waals surface area contributed by atoms with Gasteiger partial charge in [0.05, 0.1) is 8.61 Å². The average molecular weight is 420 g/mol. The predicted octanol–water partition coefficient (Wildman–Crippen LogP) is 6.00. The molecule has 0 N–H and O–H groups in total. The van der Waals surface area contributed by atoms with Crippen LogP contribution in [0.5, 0.6) is 0 Å². The Bertz CT molecular complexity index is 408. The van der Waals surface area contributed by atoms with Crippen molar-refractivity contribution in [2.75, 3.05) is 0 Å². The fraction of sp³-hybridized carbons (Fsp3) is 0.556. The van der Waals surface area contributed by atoms with Gasteiger partial charge in [0, 0.05) is 4.88 Å². The molecule has 9 heteroatoms. The Kier molecular flexibility index (Phi) is 4.81. The summed E-state index contributed by atoms with van der Waals surface area (Å²) >= 11 is 6.66. The molecule has 1 rings (SSSR count). The zero-order valence-electron chi connectivity index (χ0n) is 8.66. The zero-order valence-corrected chi connectivity index (χ0v) is 12.7. The van der Waals surface area contributed by atoms with Gasteiger partial charge in [0.2, 0.25) is 0 Å². The Morgan fingerprint density at radius 3 is 1.83 bits per heavy atom. The van der Waals surface area contributed by atoms with Gasteiger partial charge in [0.15, 0.2) is 5.92 Å². The van der Waals surface area contributed by atoms with Gasteiger partial charge < -0.3 is 0 Å². The molecule has 0 nitrogen and oxygen atoms in total. The smallest absolute Gasteiger partial charge is 0.170 e. The molecule has 1 heterocycles. The molecule has 0 fully saturated rings. The van der Waals surface area contributed by atoms with E-state index < -0.39 is 23.1 Å². The summed E-state index contributed by atoms with van der Waals surface area (Å²) in [6.07, 6.45) is -10.7. The van der Waals surface area contributed by atoms with Crippen LogP contribution < -0.4 is 0 Å². The summed E-state index contributed by atoms with van der Waals surface area (Å²) in [5.41, 5.74) is -0.00785. The summed E-state index contributed by atoms with van der Waals surface area (Å²) in [5, 5.41) is 0. The minimum atomic E-state index is -5.35. The summed E-state index contributed by atoms with van der Waals surface area (Å²) in [4.78, 5) is -1.44. The van der Waals surface area contributed by atoms with E-state index in [9.17, 15) is 26.3 Å². The molecule has 0 aliphatic heterocycles. The molecule has 1 aromatic heterocycles. The lowest BCUT2D eigenvalue weighted by atomic mass is 9.98. The van der Waals surface area contributed by atoms with Gasteiger partial charge in [-0.05, 0) is 34.5 Å². The molecule has 0 aliphatic carbocycles. The number of hydrogen-bond acceptors (Lipinski definition) is 1. The Morgan fingerprint density at radius 2 is 1.56 bits per heavy atom. The van der Waals surface area contributed by atoms with Gasteiger partial charge in [-0.1, -0.05) is 15.9 Å². The van der Waals surface area contributed by atoms with E-state index in [4.69, 9.17) is 0 Å². The van der Waals surface area contributed by atoms with Crippen LogP contribution in [0.2, 0.25) is 0 Å². The third kappa shape index (κ3) is 3.63. The Labute approximate surface area is 120 Å². The number of halogens is 8. The van der Waals surface area contributed by atoms with Gasteiger partial charge in [-0.15, -0.1) is 11.3 Å². The van der Waals surface area contributed by atoms with E-state index in [1.54, 1.807) is 0 Å². The molecule has 0 bridgehead atoms. The van der Waals surface area contributed by atoms with E-state index in [1.807, 2.05) is 0 Å².